The normalized spacial score (nSPS) is 7.90. The first-order valence-electron chi connectivity index (χ1n) is 4.27. The molecule has 0 saturated carbocycles. The zero-order valence-corrected chi connectivity index (χ0v) is 7.52. The van der Waals surface area contributed by atoms with E-state index < -0.39 is 0 Å². The van der Waals surface area contributed by atoms with E-state index in [1.807, 2.05) is 6.92 Å². The molecule has 0 bridgehead atoms. The van der Waals surface area contributed by atoms with Crippen LogP contribution < -0.4 is 0 Å². The van der Waals surface area contributed by atoms with Gasteiger partial charge in [0.1, 0.15) is 6.29 Å². The molecular formula is C9H20O. The van der Waals surface area contributed by atoms with Gasteiger partial charge in [0.2, 0.25) is 0 Å². The Balaban J connectivity index is 0. The topological polar surface area (TPSA) is 17.1 Å². The maximum Gasteiger partial charge on any atom is 0.119 e. The van der Waals surface area contributed by atoms with E-state index in [2.05, 4.69) is 13.8 Å². The van der Waals surface area contributed by atoms with E-state index in [0.717, 1.165) is 6.29 Å². The van der Waals surface area contributed by atoms with Crippen LogP contribution in [-0.4, -0.2) is 6.29 Å². The minimum absolute atomic E-state index is 0.639. The molecule has 0 aromatic heterocycles. The van der Waals surface area contributed by atoms with E-state index in [9.17, 15) is 4.79 Å². The van der Waals surface area contributed by atoms with Crippen LogP contribution in [0.1, 0.15) is 52.9 Å². The Hall–Kier alpha value is -0.330. The molecule has 62 valence electrons. The van der Waals surface area contributed by atoms with Gasteiger partial charge in [0.05, 0.1) is 0 Å². The van der Waals surface area contributed by atoms with Gasteiger partial charge in [0, 0.05) is 6.42 Å². The van der Waals surface area contributed by atoms with E-state index in [4.69, 9.17) is 0 Å². The Labute approximate surface area is 64.8 Å². The van der Waals surface area contributed by atoms with Crippen molar-refractivity contribution in [3.05, 3.63) is 0 Å². The Bertz CT molecular complexity index is 46.7. The number of hydrogen-bond donors (Lipinski definition) is 0. The minimum atomic E-state index is 0.639. The fraction of sp³-hybridized carbons (Fsp3) is 0.889. The monoisotopic (exact) mass is 144 g/mol. The molecule has 0 fully saturated rings. The van der Waals surface area contributed by atoms with Crippen LogP contribution in [0.5, 0.6) is 0 Å². The van der Waals surface area contributed by atoms with Gasteiger partial charge in [0.15, 0.2) is 0 Å². The van der Waals surface area contributed by atoms with Crippen molar-refractivity contribution >= 4 is 6.29 Å². The van der Waals surface area contributed by atoms with Crippen LogP contribution in [0.4, 0.5) is 0 Å². The average molecular weight is 144 g/mol. The fourth-order valence-corrected chi connectivity index (χ4v) is 0.500. The van der Waals surface area contributed by atoms with E-state index in [1.54, 1.807) is 0 Å². The lowest BCUT2D eigenvalue weighted by Gasteiger charge is -1.86. The lowest BCUT2D eigenvalue weighted by Crippen LogP contribution is -1.66. The van der Waals surface area contributed by atoms with Gasteiger partial charge >= 0.3 is 0 Å². The maximum absolute atomic E-state index is 9.17. The summed E-state index contributed by atoms with van der Waals surface area (Å²) in [5, 5.41) is 0. The summed E-state index contributed by atoms with van der Waals surface area (Å²) in [6.07, 6.45) is 7.05. The predicted molar refractivity (Wildman–Crippen MR) is 46.2 cm³/mol. The Morgan fingerprint density at radius 3 is 1.40 bits per heavy atom. The highest BCUT2D eigenvalue weighted by atomic mass is 16.1. The van der Waals surface area contributed by atoms with Crippen LogP contribution >= 0.6 is 0 Å². The summed E-state index contributed by atoms with van der Waals surface area (Å²) in [5.74, 6) is 0. The van der Waals surface area contributed by atoms with Gasteiger partial charge in [-0.05, 0) is 0 Å². The standard InChI is InChI=1S/C6H14.C3H6O/c1-3-5-6-4-2;1-2-3-4/h3-6H2,1-2H3;3H,2H2,1H3. The van der Waals surface area contributed by atoms with Gasteiger partial charge in [-0.2, -0.15) is 0 Å². The molecule has 0 N–H and O–H groups in total. The van der Waals surface area contributed by atoms with Gasteiger partial charge in [-0.3, -0.25) is 0 Å². The van der Waals surface area contributed by atoms with Gasteiger partial charge in [-0.1, -0.05) is 46.5 Å². The van der Waals surface area contributed by atoms with Crippen LogP contribution in [0.15, 0.2) is 0 Å². The first kappa shape index (κ1) is 12.4. The summed E-state index contributed by atoms with van der Waals surface area (Å²) in [5.41, 5.74) is 0. The molecule has 0 heterocycles. The van der Waals surface area contributed by atoms with E-state index >= 15 is 0 Å². The molecule has 0 aromatic carbocycles. The molecule has 0 atom stereocenters. The summed E-state index contributed by atoms with van der Waals surface area (Å²) < 4.78 is 0. The molecule has 10 heavy (non-hydrogen) atoms. The summed E-state index contributed by atoms with van der Waals surface area (Å²) in [4.78, 5) is 9.17. The van der Waals surface area contributed by atoms with Crippen molar-refractivity contribution in [2.45, 2.75) is 52.9 Å². The number of hydrogen-bond acceptors (Lipinski definition) is 1. The second kappa shape index (κ2) is 15.9. The quantitative estimate of drug-likeness (QED) is 0.437. The molecule has 0 unspecified atom stereocenters. The molecule has 0 saturated heterocycles. The summed E-state index contributed by atoms with van der Waals surface area (Å²) >= 11 is 0. The van der Waals surface area contributed by atoms with Crippen LogP contribution in [0, 0.1) is 0 Å². The molecule has 0 aliphatic carbocycles. The molecule has 0 aromatic rings. The van der Waals surface area contributed by atoms with Crippen molar-refractivity contribution in [2.75, 3.05) is 0 Å². The highest BCUT2D eigenvalue weighted by Gasteiger charge is 1.75. The SMILES string of the molecule is CCC=O.CCCCCC. The van der Waals surface area contributed by atoms with E-state index in [1.165, 1.54) is 25.7 Å². The fourth-order valence-electron chi connectivity index (χ4n) is 0.500. The van der Waals surface area contributed by atoms with Crippen molar-refractivity contribution < 1.29 is 4.79 Å². The highest BCUT2D eigenvalue weighted by Crippen LogP contribution is 1.95. The second-order valence-electron chi connectivity index (χ2n) is 2.28. The van der Waals surface area contributed by atoms with Gasteiger partial charge in [0.25, 0.3) is 0 Å². The third kappa shape index (κ3) is 25.3. The van der Waals surface area contributed by atoms with Crippen LogP contribution in [0.2, 0.25) is 0 Å². The Morgan fingerprint density at radius 1 is 1.00 bits per heavy atom. The molecule has 0 amide bonds. The van der Waals surface area contributed by atoms with Crippen molar-refractivity contribution in [1.82, 2.24) is 0 Å². The van der Waals surface area contributed by atoms with Crippen molar-refractivity contribution in [3.8, 4) is 0 Å². The van der Waals surface area contributed by atoms with Crippen LogP contribution in [-0.2, 0) is 4.79 Å². The first-order chi connectivity index (χ1) is 4.83. The number of rotatable bonds is 4. The maximum atomic E-state index is 9.17. The largest absolute Gasteiger partial charge is 0.303 e. The number of carbonyl (C=O) groups excluding carboxylic acids is 1. The van der Waals surface area contributed by atoms with Crippen molar-refractivity contribution in [1.29, 1.82) is 0 Å². The minimum Gasteiger partial charge on any atom is -0.303 e. The van der Waals surface area contributed by atoms with E-state index in [-0.39, 0.29) is 0 Å². The molecule has 0 aliphatic rings. The summed E-state index contributed by atoms with van der Waals surface area (Å²) in [6, 6.07) is 0. The third-order valence-corrected chi connectivity index (χ3v) is 1.12. The molecule has 0 spiro atoms. The van der Waals surface area contributed by atoms with Crippen molar-refractivity contribution in [3.63, 3.8) is 0 Å². The molecule has 1 heteroatoms. The Kier molecular flexibility index (Phi) is 19.6. The average Bonchev–Trinajstić information content (AvgIpc) is 2.01. The van der Waals surface area contributed by atoms with Gasteiger partial charge < -0.3 is 4.79 Å². The van der Waals surface area contributed by atoms with E-state index in [0.29, 0.717) is 6.42 Å². The smallest absolute Gasteiger partial charge is 0.119 e. The summed E-state index contributed by atoms with van der Waals surface area (Å²) in [6.45, 7) is 6.28. The summed E-state index contributed by atoms with van der Waals surface area (Å²) in [7, 11) is 0. The zero-order chi connectivity index (χ0) is 8.24. The molecule has 0 aliphatic heterocycles. The lowest BCUT2D eigenvalue weighted by atomic mass is 10.2. The van der Waals surface area contributed by atoms with Gasteiger partial charge in [-0.15, -0.1) is 0 Å². The van der Waals surface area contributed by atoms with Crippen molar-refractivity contribution in [2.24, 2.45) is 0 Å². The van der Waals surface area contributed by atoms with Crippen LogP contribution in [0.3, 0.4) is 0 Å². The molecule has 0 radical (unpaired) electrons. The predicted octanol–water partition coefficient (Wildman–Crippen LogP) is 3.18. The van der Waals surface area contributed by atoms with Gasteiger partial charge in [-0.25, -0.2) is 0 Å². The zero-order valence-electron chi connectivity index (χ0n) is 7.52. The number of carbonyl (C=O) groups is 1. The number of unbranched alkanes of at least 4 members (excludes halogenated alkanes) is 3. The first-order valence-corrected chi connectivity index (χ1v) is 4.27. The second-order valence-corrected chi connectivity index (χ2v) is 2.28. The van der Waals surface area contributed by atoms with Crippen LogP contribution in [0.25, 0.3) is 0 Å². The molecular weight excluding hydrogens is 124 g/mol. The Morgan fingerprint density at radius 2 is 1.30 bits per heavy atom. The number of aldehydes is 1. The molecule has 1 nitrogen and oxygen atoms in total. The highest BCUT2D eigenvalue weighted by molar-refractivity contribution is 5.48. The third-order valence-electron chi connectivity index (χ3n) is 1.12. The lowest BCUT2D eigenvalue weighted by molar-refractivity contribution is -0.107. The molecule has 0 rings (SSSR count).